The van der Waals surface area contributed by atoms with Gasteiger partial charge in [-0.1, -0.05) is 12.1 Å². The molecule has 4 aromatic heterocycles. The van der Waals surface area contributed by atoms with E-state index in [1.54, 1.807) is 24.4 Å². The second-order valence-electron chi connectivity index (χ2n) is 8.07. The largest absolute Gasteiger partial charge is 0.443 e. The van der Waals surface area contributed by atoms with Crippen molar-refractivity contribution in [3.8, 4) is 22.8 Å². The molecule has 0 fully saturated rings. The minimum absolute atomic E-state index is 0.137. The molecule has 0 aliphatic rings. The first-order valence-corrected chi connectivity index (χ1v) is 10.9. The number of anilines is 1. The molecule has 186 valence electrons. The minimum Gasteiger partial charge on any atom is -0.443 e. The third kappa shape index (κ3) is 4.81. The molecule has 0 spiro atoms. The summed E-state index contributed by atoms with van der Waals surface area (Å²) in [7, 11) is 0. The zero-order valence-electron chi connectivity index (χ0n) is 19.2. The van der Waals surface area contributed by atoms with Crippen molar-refractivity contribution in [2.45, 2.75) is 19.6 Å². The number of nitrogen functional groups attached to an aromatic ring is 1. The molecule has 5 aromatic rings. The van der Waals surface area contributed by atoms with E-state index in [0.29, 0.717) is 11.3 Å². The third-order valence-electron chi connectivity index (χ3n) is 5.58. The van der Waals surface area contributed by atoms with E-state index in [4.69, 9.17) is 10.2 Å². The topological polar surface area (TPSA) is 133 Å². The second-order valence-corrected chi connectivity index (χ2v) is 8.07. The van der Waals surface area contributed by atoms with E-state index in [2.05, 4.69) is 30.2 Å². The number of pyridine rings is 2. The molecule has 0 saturated carbocycles. The van der Waals surface area contributed by atoms with E-state index in [1.165, 1.54) is 19.4 Å². The van der Waals surface area contributed by atoms with Crippen molar-refractivity contribution in [1.29, 1.82) is 0 Å². The Balaban J connectivity index is 1.49. The van der Waals surface area contributed by atoms with Gasteiger partial charge in [-0.05, 0) is 36.8 Å². The van der Waals surface area contributed by atoms with Crippen molar-refractivity contribution in [3.63, 3.8) is 0 Å². The smallest absolute Gasteiger partial charge is 0.417 e. The number of rotatable bonds is 5. The highest BCUT2D eigenvalue weighted by atomic mass is 19.4. The summed E-state index contributed by atoms with van der Waals surface area (Å²) in [4.78, 5) is 34.2. The number of halogens is 3. The van der Waals surface area contributed by atoms with Crippen LogP contribution in [-0.2, 0) is 12.7 Å². The molecule has 1 aromatic carbocycles. The number of aromatic nitrogens is 5. The van der Waals surface area contributed by atoms with Gasteiger partial charge in [0.05, 0.1) is 29.5 Å². The summed E-state index contributed by atoms with van der Waals surface area (Å²) in [6, 6.07) is 10.1. The number of hydrogen-bond acceptors (Lipinski definition) is 8. The molecule has 3 N–H and O–H groups in total. The molecular weight excluding hydrogens is 487 g/mol. The first kappa shape index (κ1) is 23.9. The first-order valence-electron chi connectivity index (χ1n) is 10.9. The van der Waals surface area contributed by atoms with Gasteiger partial charge in [0, 0.05) is 23.3 Å². The van der Waals surface area contributed by atoms with Crippen LogP contribution in [0.1, 0.15) is 27.3 Å². The van der Waals surface area contributed by atoms with Gasteiger partial charge in [0.2, 0.25) is 5.89 Å². The maximum atomic E-state index is 13.0. The number of amides is 1. The number of benzene rings is 1. The van der Waals surface area contributed by atoms with Crippen molar-refractivity contribution >= 4 is 22.6 Å². The number of nitrogens with two attached hydrogens (primary N) is 1. The van der Waals surface area contributed by atoms with E-state index in [1.807, 2.05) is 12.1 Å². The fourth-order valence-electron chi connectivity index (χ4n) is 3.72. The summed E-state index contributed by atoms with van der Waals surface area (Å²) in [5, 5.41) is 3.44. The molecule has 4 heterocycles. The number of fused-ring (bicyclic) bond motifs is 1. The van der Waals surface area contributed by atoms with Crippen molar-refractivity contribution in [3.05, 3.63) is 83.8 Å². The highest BCUT2D eigenvalue weighted by Gasteiger charge is 2.31. The van der Waals surface area contributed by atoms with Gasteiger partial charge < -0.3 is 15.5 Å². The van der Waals surface area contributed by atoms with Crippen molar-refractivity contribution in [1.82, 2.24) is 30.2 Å². The van der Waals surface area contributed by atoms with Crippen LogP contribution in [-0.4, -0.2) is 30.8 Å². The molecule has 0 bridgehead atoms. The molecule has 0 unspecified atom stereocenters. The standard InChI is InChI=1S/C25H18F3N7O2/c1-13-9-16(25(26,27)28)11-32-18(13)12-33-23(36)21-22(29)35-20(24-31-7-8-37-24)19(34-21)15-4-5-17-14(10-15)3-2-6-30-17/h2-11H,12H2,1H3,(H2,29,35)(H,33,36). The lowest BCUT2D eigenvalue weighted by Gasteiger charge is -2.13. The predicted octanol–water partition coefficient (Wildman–Crippen LogP) is 4.58. The summed E-state index contributed by atoms with van der Waals surface area (Å²) >= 11 is 0. The molecule has 12 heteroatoms. The lowest BCUT2D eigenvalue weighted by molar-refractivity contribution is -0.137. The molecule has 5 rings (SSSR count). The highest BCUT2D eigenvalue weighted by Crippen LogP contribution is 2.32. The van der Waals surface area contributed by atoms with Crippen LogP contribution in [0.5, 0.6) is 0 Å². The van der Waals surface area contributed by atoms with Gasteiger partial charge >= 0.3 is 6.18 Å². The summed E-state index contributed by atoms with van der Waals surface area (Å²) in [6.45, 7) is 1.35. The van der Waals surface area contributed by atoms with Crippen LogP contribution >= 0.6 is 0 Å². The monoisotopic (exact) mass is 505 g/mol. The maximum Gasteiger partial charge on any atom is 0.417 e. The van der Waals surface area contributed by atoms with E-state index >= 15 is 0 Å². The minimum atomic E-state index is -4.51. The lowest BCUT2D eigenvalue weighted by atomic mass is 10.1. The fraction of sp³-hybridized carbons (Fsp3) is 0.120. The van der Waals surface area contributed by atoms with E-state index in [9.17, 15) is 18.0 Å². The van der Waals surface area contributed by atoms with Crippen LogP contribution in [0.4, 0.5) is 19.0 Å². The van der Waals surface area contributed by atoms with Crippen molar-refractivity contribution in [2.24, 2.45) is 0 Å². The Kier molecular flexibility index (Phi) is 5.99. The average Bonchev–Trinajstić information content (AvgIpc) is 3.42. The number of carbonyl (C=O) groups is 1. The Morgan fingerprint density at radius 2 is 1.89 bits per heavy atom. The maximum absolute atomic E-state index is 13.0. The Labute approximate surface area is 207 Å². The van der Waals surface area contributed by atoms with Crippen LogP contribution in [0.15, 0.2) is 65.7 Å². The molecule has 0 aliphatic heterocycles. The lowest BCUT2D eigenvalue weighted by Crippen LogP contribution is -2.26. The Bertz CT molecular complexity index is 1620. The van der Waals surface area contributed by atoms with Crippen LogP contribution < -0.4 is 11.1 Å². The van der Waals surface area contributed by atoms with Crippen molar-refractivity contribution < 1.29 is 22.4 Å². The van der Waals surface area contributed by atoms with Gasteiger partial charge in [-0.2, -0.15) is 13.2 Å². The molecule has 9 nitrogen and oxygen atoms in total. The number of nitrogens with zero attached hydrogens (tertiary/aromatic N) is 5. The zero-order chi connectivity index (χ0) is 26.2. The number of oxazole rings is 1. The van der Waals surface area contributed by atoms with E-state index < -0.39 is 17.6 Å². The van der Waals surface area contributed by atoms with Gasteiger partial charge in [0.15, 0.2) is 17.2 Å². The Hall–Kier alpha value is -4.87. The number of aryl methyl sites for hydroxylation is 1. The van der Waals surface area contributed by atoms with Gasteiger partial charge in [0.25, 0.3) is 5.91 Å². The van der Waals surface area contributed by atoms with Crippen LogP contribution in [0.2, 0.25) is 0 Å². The fourth-order valence-corrected chi connectivity index (χ4v) is 3.72. The van der Waals surface area contributed by atoms with Crippen LogP contribution in [0.25, 0.3) is 33.7 Å². The normalized spacial score (nSPS) is 11.6. The SMILES string of the molecule is Cc1cc(C(F)(F)F)cnc1CNC(=O)c1nc(-c2ccc3ncccc3c2)c(-c2ncco2)nc1N. The van der Waals surface area contributed by atoms with Crippen LogP contribution in [0, 0.1) is 6.92 Å². The number of carbonyl (C=O) groups excluding carboxylic acids is 1. The Morgan fingerprint density at radius 3 is 2.62 bits per heavy atom. The average molecular weight is 505 g/mol. The number of nitrogens with one attached hydrogen (secondary N) is 1. The summed E-state index contributed by atoms with van der Waals surface area (Å²) < 4.78 is 44.2. The number of alkyl halides is 3. The van der Waals surface area contributed by atoms with Gasteiger partial charge in [-0.15, -0.1) is 0 Å². The quantitative estimate of drug-likeness (QED) is 0.355. The van der Waals surface area contributed by atoms with Gasteiger partial charge in [-0.3, -0.25) is 14.8 Å². The predicted molar refractivity (Wildman–Crippen MR) is 128 cm³/mol. The summed E-state index contributed by atoms with van der Waals surface area (Å²) in [6.07, 6.45) is 0.714. The van der Waals surface area contributed by atoms with E-state index in [0.717, 1.165) is 23.2 Å². The first-order chi connectivity index (χ1) is 17.7. The zero-order valence-corrected chi connectivity index (χ0v) is 19.2. The van der Waals surface area contributed by atoms with Crippen molar-refractivity contribution in [2.75, 3.05) is 5.73 Å². The molecule has 37 heavy (non-hydrogen) atoms. The van der Waals surface area contributed by atoms with E-state index in [-0.39, 0.29) is 40.9 Å². The van der Waals surface area contributed by atoms with Gasteiger partial charge in [0.1, 0.15) is 12.0 Å². The number of hydrogen-bond donors (Lipinski definition) is 2. The Morgan fingerprint density at radius 1 is 1.05 bits per heavy atom. The van der Waals surface area contributed by atoms with Crippen LogP contribution in [0.3, 0.4) is 0 Å². The third-order valence-corrected chi connectivity index (χ3v) is 5.58. The second kappa shape index (κ2) is 9.30. The molecular formula is C25H18F3N7O2. The highest BCUT2D eigenvalue weighted by molar-refractivity contribution is 5.98. The molecule has 0 atom stereocenters. The molecule has 0 saturated heterocycles. The van der Waals surface area contributed by atoms with Gasteiger partial charge in [-0.25, -0.2) is 15.0 Å². The molecule has 0 aliphatic carbocycles. The molecule has 1 amide bonds. The summed E-state index contributed by atoms with van der Waals surface area (Å²) in [5.41, 5.74) is 7.52. The molecule has 0 radical (unpaired) electrons. The summed E-state index contributed by atoms with van der Waals surface area (Å²) in [5.74, 6) is -0.681.